The van der Waals surface area contributed by atoms with E-state index >= 15 is 0 Å². The van der Waals surface area contributed by atoms with Gasteiger partial charge < -0.3 is 19.8 Å². The van der Waals surface area contributed by atoms with Crippen molar-refractivity contribution >= 4 is 46.3 Å². The number of carboxylic acids is 1. The van der Waals surface area contributed by atoms with Gasteiger partial charge in [0.2, 0.25) is 0 Å². The molecule has 6 rings (SSSR count). The molecule has 0 unspecified atom stereocenters. The van der Waals surface area contributed by atoms with Gasteiger partial charge >= 0.3 is 12.0 Å². The van der Waals surface area contributed by atoms with E-state index in [0.717, 1.165) is 11.4 Å². The monoisotopic (exact) mass is 561 g/mol. The Hall–Kier alpha value is -5.15. The van der Waals surface area contributed by atoms with Crippen molar-refractivity contribution in [3.8, 4) is 0 Å². The van der Waals surface area contributed by atoms with E-state index in [1.807, 2.05) is 66.7 Å². The summed E-state index contributed by atoms with van der Waals surface area (Å²) in [6, 6.07) is 32.5. The maximum Gasteiger partial charge on any atom is 0.330 e. The van der Waals surface area contributed by atoms with E-state index in [1.165, 1.54) is 14.7 Å². The molecule has 9 heteroatoms. The number of rotatable bonds is 5. The van der Waals surface area contributed by atoms with Crippen molar-refractivity contribution in [2.75, 3.05) is 48.1 Å². The highest BCUT2D eigenvalue weighted by molar-refractivity contribution is 6.18. The van der Waals surface area contributed by atoms with Gasteiger partial charge in [0.1, 0.15) is 6.04 Å². The van der Waals surface area contributed by atoms with Gasteiger partial charge in [-0.3, -0.25) is 14.6 Å². The van der Waals surface area contributed by atoms with E-state index in [2.05, 4.69) is 9.80 Å². The van der Waals surface area contributed by atoms with E-state index in [9.17, 15) is 19.5 Å². The number of fused-ring (bicyclic) bond motifs is 2. The van der Waals surface area contributed by atoms with Gasteiger partial charge in [-0.25, -0.2) is 9.59 Å². The van der Waals surface area contributed by atoms with E-state index in [0.29, 0.717) is 35.8 Å². The van der Waals surface area contributed by atoms with Crippen molar-refractivity contribution < 1.29 is 19.5 Å². The third-order valence-electron chi connectivity index (χ3n) is 7.83. The minimum Gasteiger partial charge on any atom is -0.480 e. The van der Waals surface area contributed by atoms with Crippen LogP contribution in [0.4, 0.5) is 33.2 Å². The molecular formula is C33H31N5O4. The number of piperazine rings is 1. The number of carbonyl (C=O) groups excluding carboxylic acids is 2. The van der Waals surface area contributed by atoms with Crippen molar-refractivity contribution in [1.82, 2.24) is 9.80 Å². The Kier molecular flexibility index (Phi) is 7.33. The SMILES string of the molecule is CN1C(=O)c2ccccc2N(C(=O)N2CCN(CN(c3ccccc3)c3ccccc3)C[C@H]2C(=O)O)c2ccccc21. The van der Waals surface area contributed by atoms with Crippen molar-refractivity contribution in [3.63, 3.8) is 0 Å². The van der Waals surface area contributed by atoms with Crippen molar-refractivity contribution in [3.05, 3.63) is 115 Å². The molecule has 1 saturated heterocycles. The fraction of sp³-hybridized carbons (Fsp3) is 0.182. The number of hydrogen-bond donors (Lipinski definition) is 1. The molecule has 0 saturated carbocycles. The Morgan fingerprint density at radius 2 is 1.31 bits per heavy atom. The number of nitrogens with zero attached hydrogens (tertiary/aromatic N) is 5. The lowest BCUT2D eigenvalue weighted by atomic mass is 10.1. The molecule has 2 heterocycles. The van der Waals surface area contributed by atoms with Gasteiger partial charge in [-0.2, -0.15) is 0 Å². The zero-order valence-corrected chi connectivity index (χ0v) is 23.2. The first kappa shape index (κ1) is 27.0. The second kappa shape index (κ2) is 11.4. The van der Waals surface area contributed by atoms with Crippen LogP contribution >= 0.6 is 0 Å². The number of carbonyl (C=O) groups is 3. The summed E-state index contributed by atoms with van der Waals surface area (Å²) in [5, 5.41) is 10.4. The van der Waals surface area contributed by atoms with Crippen LogP contribution in [0.2, 0.25) is 0 Å². The molecule has 212 valence electrons. The largest absolute Gasteiger partial charge is 0.480 e. The number of aliphatic carboxylic acids is 1. The molecule has 0 bridgehead atoms. The third kappa shape index (κ3) is 4.95. The maximum atomic E-state index is 14.4. The minimum absolute atomic E-state index is 0.146. The number of carboxylic acid groups (broad SMARTS) is 1. The summed E-state index contributed by atoms with van der Waals surface area (Å²) in [5.74, 6) is -1.32. The predicted molar refractivity (Wildman–Crippen MR) is 163 cm³/mol. The predicted octanol–water partition coefficient (Wildman–Crippen LogP) is 5.40. The fourth-order valence-electron chi connectivity index (χ4n) is 5.68. The zero-order chi connectivity index (χ0) is 29.2. The normalized spacial score (nSPS) is 16.8. The Morgan fingerprint density at radius 3 is 1.93 bits per heavy atom. The molecule has 2 aliphatic rings. The van der Waals surface area contributed by atoms with Gasteiger partial charge in [0.15, 0.2) is 0 Å². The number of anilines is 5. The second-order valence-electron chi connectivity index (χ2n) is 10.4. The van der Waals surface area contributed by atoms with E-state index in [4.69, 9.17) is 0 Å². The Balaban J connectivity index is 1.32. The molecule has 3 amide bonds. The first-order valence-corrected chi connectivity index (χ1v) is 13.8. The van der Waals surface area contributed by atoms with Gasteiger partial charge in [0.05, 0.1) is 29.3 Å². The van der Waals surface area contributed by atoms with Crippen LogP contribution in [0.25, 0.3) is 0 Å². The number of hydrogen-bond acceptors (Lipinski definition) is 5. The molecule has 2 aliphatic heterocycles. The number of amides is 3. The van der Waals surface area contributed by atoms with Crippen LogP contribution in [0.15, 0.2) is 109 Å². The molecule has 42 heavy (non-hydrogen) atoms. The van der Waals surface area contributed by atoms with Gasteiger partial charge in [-0.1, -0.05) is 60.7 Å². The molecule has 4 aromatic carbocycles. The summed E-state index contributed by atoms with van der Waals surface area (Å²) in [5.41, 5.74) is 3.86. The highest BCUT2D eigenvalue weighted by Crippen LogP contribution is 2.41. The quantitative estimate of drug-likeness (QED) is 0.351. The lowest BCUT2D eigenvalue weighted by Crippen LogP contribution is -2.61. The molecule has 0 aromatic heterocycles. The van der Waals surface area contributed by atoms with Crippen LogP contribution in [0.3, 0.4) is 0 Å². The molecular weight excluding hydrogens is 530 g/mol. The highest BCUT2D eigenvalue weighted by Gasteiger charge is 2.41. The van der Waals surface area contributed by atoms with Gasteiger partial charge in [0, 0.05) is 38.1 Å². The van der Waals surface area contributed by atoms with E-state index in [-0.39, 0.29) is 19.0 Å². The Labute approximate surface area is 244 Å². The summed E-state index contributed by atoms with van der Waals surface area (Å²) in [4.78, 5) is 49.0. The number of urea groups is 1. The standard InChI is InChI=1S/C33H31N5O4/c1-34-28-18-10-11-19-29(28)38(27-17-9-8-16-26(27)31(34)39)33(42)36-21-20-35(22-30(36)32(40)41)23-37(24-12-4-2-5-13-24)25-14-6-3-7-15-25/h2-19,30H,20-23H2,1H3,(H,40,41)/t30-/m0/s1. The average Bonchev–Trinajstić information content (AvgIpc) is 3.13. The average molecular weight is 562 g/mol. The van der Waals surface area contributed by atoms with E-state index in [1.54, 1.807) is 49.5 Å². The first-order valence-electron chi connectivity index (χ1n) is 13.8. The Morgan fingerprint density at radius 1 is 0.762 bits per heavy atom. The minimum atomic E-state index is -1.09. The molecule has 9 nitrogen and oxygen atoms in total. The van der Waals surface area contributed by atoms with Crippen molar-refractivity contribution in [2.24, 2.45) is 0 Å². The summed E-state index contributed by atoms with van der Waals surface area (Å²) in [6.45, 7) is 1.28. The van der Waals surface area contributed by atoms with Gasteiger partial charge in [-0.05, 0) is 48.5 Å². The molecule has 1 fully saturated rings. The van der Waals surface area contributed by atoms with Crippen LogP contribution in [0.5, 0.6) is 0 Å². The lowest BCUT2D eigenvalue weighted by molar-refractivity contribution is -0.144. The van der Waals surface area contributed by atoms with Crippen LogP contribution in [0.1, 0.15) is 10.4 Å². The molecule has 1 N–H and O–H groups in total. The smallest absolute Gasteiger partial charge is 0.330 e. The second-order valence-corrected chi connectivity index (χ2v) is 10.4. The highest BCUT2D eigenvalue weighted by atomic mass is 16.4. The molecule has 0 radical (unpaired) electrons. The fourth-order valence-corrected chi connectivity index (χ4v) is 5.68. The van der Waals surface area contributed by atoms with Crippen molar-refractivity contribution in [2.45, 2.75) is 6.04 Å². The van der Waals surface area contributed by atoms with E-state index < -0.39 is 18.0 Å². The lowest BCUT2D eigenvalue weighted by Gasteiger charge is -2.43. The van der Waals surface area contributed by atoms with Crippen molar-refractivity contribution in [1.29, 1.82) is 0 Å². The van der Waals surface area contributed by atoms with Gasteiger partial charge in [-0.15, -0.1) is 0 Å². The van der Waals surface area contributed by atoms with Crippen LogP contribution in [-0.2, 0) is 4.79 Å². The van der Waals surface area contributed by atoms with Gasteiger partial charge in [0.25, 0.3) is 5.91 Å². The summed E-state index contributed by atoms with van der Waals surface area (Å²) in [6.07, 6.45) is 0. The molecule has 0 spiro atoms. The molecule has 4 aromatic rings. The number of benzene rings is 4. The summed E-state index contributed by atoms with van der Waals surface area (Å²) >= 11 is 0. The topological polar surface area (TPSA) is 87.6 Å². The summed E-state index contributed by atoms with van der Waals surface area (Å²) < 4.78 is 0. The maximum absolute atomic E-state index is 14.4. The van der Waals surface area contributed by atoms with Crippen LogP contribution in [0, 0.1) is 0 Å². The van der Waals surface area contributed by atoms with Crippen LogP contribution < -0.4 is 14.7 Å². The first-order chi connectivity index (χ1) is 20.4. The molecule has 1 atom stereocenters. The zero-order valence-electron chi connectivity index (χ0n) is 23.2. The Bertz CT molecular complexity index is 1570. The summed E-state index contributed by atoms with van der Waals surface area (Å²) in [7, 11) is 1.68. The number of para-hydroxylation sites is 5. The van der Waals surface area contributed by atoms with Crippen LogP contribution in [-0.4, -0.2) is 72.2 Å². The third-order valence-corrected chi connectivity index (χ3v) is 7.83. The molecule has 0 aliphatic carbocycles.